The molecule has 0 bridgehead atoms. The van der Waals surface area contributed by atoms with Crippen LogP contribution in [0, 0.1) is 6.92 Å². The zero-order chi connectivity index (χ0) is 22.1. The number of rotatable bonds is 3. The number of fused-ring (bicyclic) bond motifs is 3. The minimum atomic E-state index is -0.243. The van der Waals surface area contributed by atoms with Gasteiger partial charge in [0.15, 0.2) is 0 Å². The van der Waals surface area contributed by atoms with Gasteiger partial charge in [-0.2, -0.15) is 0 Å². The van der Waals surface area contributed by atoms with Gasteiger partial charge in [-0.05, 0) is 53.9 Å². The van der Waals surface area contributed by atoms with Crippen LogP contribution in [0.3, 0.4) is 0 Å². The molecule has 5 heteroatoms. The second-order valence-corrected chi connectivity index (χ2v) is 8.59. The SMILES string of the molecule is Cc1ccc(CNC(=O)N2Cc3ccccc3-n3cccc3C2c2ccc(Cl)cc2)cc1. The predicted octanol–water partition coefficient (Wildman–Crippen LogP) is 6.25. The van der Waals surface area contributed by atoms with Crippen LogP contribution in [-0.4, -0.2) is 15.5 Å². The molecule has 2 amide bonds. The zero-order valence-electron chi connectivity index (χ0n) is 17.8. The number of hydrogen-bond donors (Lipinski definition) is 1. The molecule has 1 N–H and O–H groups in total. The largest absolute Gasteiger partial charge is 0.334 e. The van der Waals surface area contributed by atoms with Gasteiger partial charge < -0.3 is 14.8 Å². The van der Waals surface area contributed by atoms with Crippen molar-refractivity contribution in [1.82, 2.24) is 14.8 Å². The van der Waals surface area contributed by atoms with Crippen LogP contribution in [0.2, 0.25) is 5.02 Å². The van der Waals surface area contributed by atoms with Crippen molar-refractivity contribution in [3.05, 3.63) is 124 Å². The molecule has 4 nitrogen and oxygen atoms in total. The third-order valence-corrected chi connectivity index (χ3v) is 6.23. The lowest BCUT2D eigenvalue weighted by Gasteiger charge is -2.31. The van der Waals surface area contributed by atoms with Crippen molar-refractivity contribution in [3.8, 4) is 5.69 Å². The number of halogens is 1. The molecule has 1 atom stereocenters. The Morgan fingerprint density at radius 1 is 0.969 bits per heavy atom. The molecule has 0 aliphatic carbocycles. The van der Waals surface area contributed by atoms with Crippen molar-refractivity contribution in [2.45, 2.75) is 26.1 Å². The van der Waals surface area contributed by atoms with Gasteiger partial charge in [-0.15, -0.1) is 0 Å². The number of amides is 2. The number of aryl methyl sites for hydroxylation is 1. The fourth-order valence-corrected chi connectivity index (χ4v) is 4.45. The summed E-state index contributed by atoms with van der Waals surface area (Å²) < 4.78 is 2.18. The predicted molar refractivity (Wildman–Crippen MR) is 128 cm³/mol. The molecule has 160 valence electrons. The first-order chi connectivity index (χ1) is 15.6. The monoisotopic (exact) mass is 441 g/mol. The molecule has 0 fully saturated rings. The number of hydrogen-bond acceptors (Lipinski definition) is 1. The van der Waals surface area contributed by atoms with Crippen molar-refractivity contribution in [2.75, 3.05) is 0 Å². The molecular formula is C27H24ClN3O. The lowest BCUT2D eigenvalue weighted by molar-refractivity contribution is 0.180. The van der Waals surface area contributed by atoms with Crippen LogP contribution in [0.15, 0.2) is 91.1 Å². The molecule has 1 unspecified atom stereocenters. The maximum Gasteiger partial charge on any atom is 0.318 e. The number of urea groups is 1. The fourth-order valence-electron chi connectivity index (χ4n) is 4.32. The molecular weight excluding hydrogens is 418 g/mol. The molecule has 0 radical (unpaired) electrons. The van der Waals surface area contributed by atoms with E-state index in [1.54, 1.807) is 0 Å². The third-order valence-electron chi connectivity index (χ3n) is 5.97. The maximum absolute atomic E-state index is 13.6. The number of nitrogens with zero attached hydrogens (tertiary/aromatic N) is 2. The van der Waals surface area contributed by atoms with Gasteiger partial charge in [-0.1, -0.05) is 71.8 Å². The minimum absolute atomic E-state index is 0.102. The summed E-state index contributed by atoms with van der Waals surface area (Å²) in [6, 6.07) is 28.0. The first-order valence-corrected chi connectivity index (χ1v) is 11.1. The number of nitrogens with one attached hydrogen (secondary N) is 1. The topological polar surface area (TPSA) is 37.3 Å². The number of carbonyl (C=O) groups excluding carboxylic acids is 1. The highest BCUT2D eigenvalue weighted by atomic mass is 35.5. The normalized spacial score (nSPS) is 14.9. The van der Waals surface area contributed by atoms with Gasteiger partial charge in [-0.3, -0.25) is 0 Å². The second-order valence-electron chi connectivity index (χ2n) is 8.16. The van der Waals surface area contributed by atoms with Crippen LogP contribution in [0.25, 0.3) is 5.69 Å². The van der Waals surface area contributed by atoms with Crippen molar-refractivity contribution >= 4 is 17.6 Å². The first-order valence-electron chi connectivity index (χ1n) is 10.7. The van der Waals surface area contributed by atoms with Gasteiger partial charge >= 0.3 is 6.03 Å². The highest BCUT2D eigenvalue weighted by Gasteiger charge is 2.32. The number of aromatic nitrogens is 1. The van der Waals surface area contributed by atoms with Gasteiger partial charge in [0.05, 0.1) is 18.3 Å². The van der Waals surface area contributed by atoms with E-state index in [0.717, 1.165) is 28.1 Å². The Labute approximate surface area is 193 Å². The Bertz CT molecular complexity index is 1240. The molecule has 3 aromatic carbocycles. The van der Waals surface area contributed by atoms with Crippen LogP contribution in [0.4, 0.5) is 4.79 Å². The Balaban J connectivity index is 1.54. The quantitative estimate of drug-likeness (QED) is 0.400. The highest BCUT2D eigenvalue weighted by Crippen LogP contribution is 2.36. The molecule has 4 aromatic rings. The number of para-hydroxylation sites is 1. The van der Waals surface area contributed by atoms with E-state index in [1.807, 2.05) is 47.4 Å². The zero-order valence-corrected chi connectivity index (χ0v) is 18.6. The van der Waals surface area contributed by atoms with Crippen LogP contribution in [0.5, 0.6) is 0 Å². The molecule has 1 aromatic heterocycles. The Morgan fingerprint density at radius 2 is 1.72 bits per heavy atom. The summed E-state index contributed by atoms with van der Waals surface area (Å²) in [6.07, 6.45) is 2.06. The maximum atomic E-state index is 13.6. The molecule has 5 rings (SSSR count). The van der Waals surface area contributed by atoms with Gasteiger partial charge in [-0.25, -0.2) is 4.79 Å². The molecule has 2 heterocycles. The molecule has 0 spiro atoms. The summed E-state index contributed by atoms with van der Waals surface area (Å²) in [4.78, 5) is 15.5. The van der Waals surface area contributed by atoms with E-state index in [9.17, 15) is 4.79 Å². The average molecular weight is 442 g/mol. The summed E-state index contributed by atoms with van der Waals surface area (Å²) in [5.41, 5.74) is 6.54. The first kappa shape index (κ1) is 20.4. The summed E-state index contributed by atoms with van der Waals surface area (Å²) >= 11 is 6.16. The Hall–Kier alpha value is -3.50. The Kier molecular flexibility index (Phi) is 5.46. The summed E-state index contributed by atoms with van der Waals surface area (Å²) in [5, 5.41) is 3.81. The van der Waals surface area contributed by atoms with Crippen LogP contribution in [0.1, 0.15) is 34.0 Å². The molecule has 0 saturated heterocycles. The summed E-state index contributed by atoms with van der Waals surface area (Å²) in [7, 11) is 0. The highest BCUT2D eigenvalue weighted by molar-refractivity contribution is 6.30. The molecule has 32 heavy (non-hydrogen) atoms. The van der Waals surface area contributed by atoms with Crippen molar-refractivity contribution in [1.29, 1.82) is 0 Å². The van der Waals surface area contributed by atoms with Gasteiger partial charge in [0.25, 0.3) is 0 Å². The van der Waals surface area contributed by atoms with E-state index in [2.05, 4.69) is 65.5 Å². The standard InChI is InChI=1S/C27H24ClN3O/c1-19-8-10-20(11-9-19)17-29-27(32)31-18-22-5-2-3-6-24(22)30-16-4-7-25(30)26(31)21-12-14-23(28)15-13-21/h2-16,26H,17-18H2,1H3,(H,29,32). The summed E-state index contributed by atoms with van der Waals surface area (Å²) in [5.74, 6) is 0. The molecule has 0 saturated carbocycles. The van der Waals surface area contributed by atoms with Crippen molar-refractivity contribution in [3.63, 3.8) is 0 Å². The third kappa shape index (κ3) is 3.90. The molecule has 1 aliphatic heterocycles. The van der Waals surface area contributed by atoms with Crippen LogP contribution in [-0.2, 0) is 13.1 Å². The van der Waals surface area contributed by atoms with Crippen LogP contribution >= 0.6 is 11.6 Å². The Morgan fingerprint density at radius 3 is 2.50 bits per heavy atom. The van der Waals surface area contributed by atoms with Gasteiger partial charge in [0.1, 0.15) is 0 Å². The van der Waals surface area contributed by atoms with E-state index in [1.165, 1.54) is 5.56 Å². The van der Waals surface area contributed by atoms with E-state index in [0.29, 0.717) is 18.1 Å². The van der Waals surface area contributed by atoms with E-state index in [4.69, 9.17) is 11.6 Å². The fraction of sp³-hybridized carbons (Fsp3) is 0.148. The molecule has 1 aliphatic rings. The number of carbonyl (C=O) groups is 1. The average Bonchev–Trinajstić information content (AvgIpc) is 3.24. The lowest BCUT2D eigenvalue weighted by atomic mass is 10.0. The minimum Gasteiger partial charge on any atom is -0.334 e. The van der Waals surface area contributed by atoms with E-state index >= 15 is 0 Å². The summed E-state index contributed by atoms with van der Waals surface area (Å²) in [6.45, 7) is 3.04. The van der Waals surface area contributed by atoms with E-state index < -0.39 is 0 Å². The van der Waals surface area contributed by atoms with Gasteiger partial charge in [0, 0.05) is 23.5 Å². The lowest BCUT2D eigenvalue weighted by Crippen LogP contribution is -2.41. The smallest absolute Gasteiger partial charge is 0.318 e. The van der Waals surface area contributed by atoms with E-state index in [-0.39, 0.29) is 12.1 Å². The van der Waals surface area contributed by atoms with Gasteiger partial charge in [0.2, 0.25) is 0 Å². The van der Waals surface area contributed by atoms with Crippen molar-refractivity contribution < 1.29 is 4.79 Å². The van der Waals surface area contributed by atoms with Crippen LogP contribution < -0.4 is 5.32 Å². The van der Waals surface area contributed by atoms with Crippen molar-refractivity contribution in [2.24, 2.45) is 0 Å². The number of benzene rings is 3. The second kappa shape index (κ2) is 8.56.